The van der Waals surface area contributed by atoms with Crippen molar-refractivity contribution >= 4 is 23.9 Å². The van der Waals surface area contributed by atoms with Crippen molar-refractivity contribution in [3.8, 4) is 0 Å². The van der Waals surface area contributed by atoms with Gasteiger partial charge in [-0.15, -0.1) is 0 Å². The van der Waals surface area contributed by atoms with Crippen LogP contribution in [-0.2, 0) is 38.1 Å². The maximum absolute atomic E-state index is 16.1. The van der Waals surface area contributed by atoms with Crippen LogP contribution in [0.25, 0.3) is 0 Å². The number of ether oxygens (including phenoxy) is 4. The fourth-order valence-electron chi connectivity index (χ4n) is 14.9. The highest BCUT2D eigenvalue weighted by molar-refractivity contribution is 6.06. The van der Waals surface area contributed by atoms with Crippen molar-refractivity contribution in [1.29, 1.82) is 0 Å². The SMILES string of the molecule is CC(C)[C@@H]1CC[C@@H](C)C[C@H]1OC(=O)C1C(C)(C)[C@@]1(C(=O)O[C@@H]1C[C@H](C)CC[C@H]1C(C)C)[C@@]1(C(=O)O[C@@H]2C[C@H](C)CC[C@H]2C(C)C)C(C(=O)O[C@@H]2C[C@H](C)CC[C@H]2C(C)C)C1(C)C. The maximum atomic E-state index is 16.1. The van der Waals surface area contributed by atoms with E-state index in [0.717, 1.165) is 77.0 Å². The number of carbonyl (C=O) groups is 4. The molecule has 8 heteroatoms. The van der Waals surface area contributed by atoms with E-state index < -0.39 is 57.4 Å². The molecular formula is C54H90O8. The number of hydrogen-bond donors (Lipinski definition) is 0. The third-order valence-corrected chi connectivity index (χ3v) is 18.8. The second kappa shape index (κ2) is 18.3. The van der Waals surface area contributed by atoms with E-state index in [0.29, 0.717) is 35.5 Å². The Balaban J connectivity index is 1.51. The molecule has 0 aliphatic heterocycles. The van der Waals surface area contributed by atoms with E-state index in [9.17, 15) is 0 Å². The highest BCUT2D eigenvalue weighted by Gasteiger charge is 3.01. The fourth-order valence-corrected chi connectivity index (χ4v) is 14.9. The minimum absolute atomic E-state index is 0.141. The van der Waals surface area contributed by atoms with Crippen LogP contribution in [0.1, 0.15) is 188 Å². The third kappa shape index (κ3) is 8.45. The Morgan fingerprint density at radius 2 is 0.613 bits per heavy atom. The normalized spacial score (nSPS) is 42.6. The summed E-state index contributed by atoms with van der Waals surface area (Å²) in [6.45, 7) is 34.2. The molecular weight excluding hydrogens is 777 g/mol. The lowest BCUT2D eigenvalue weighted by Gasteiger charge is -2.41. The first kappa shape index (κ1) is 49.3. The molecule has 6 rings (SSSR count). The molecule has 0 aromatic carbocycles. The van der Waals surface area contributed by atoms with Crippen molar-refractivity contribution in [2.45, 2.75) is 212 Å². The van der Waals surface area contributed by atoms with E-state index in [1.165, 1.54) is 0 Å². The van der Waals surface area contributed by atoms with Gasteiger partial charge in [0.2, 0.25) is 0 Å². The Hall–Kier alpha value is -2.12. The van der Waals surface area contributed by atoms with E-state index in [4.69, 9.17) is 18.9 Å². The Labute approximate surface area is 377 Å². The molecule has 6 saturated carbocycles. The average Bonchev–Trinajstić information content (AvgIpc) is 3.91. The third-order valence-electron chi connectivity index (χ3n) is 18.8. The number of hydrogen-bond acceptors (Lipinski definition) is 8. The van der Waals surface area contributed by atoms with Crippen LogP contribution in [-0.4, -0.2) is 48.3 Å². The molecule has 0 radical (unpaired) electrons. The first-order chi connectivity index (χ1) is 28.9. The quantitative estimate of drug-likeness (QED) is 0.133. The molecule has 0 amide bonds. The monoisotopic (exact) mass is 867 g/mol. The Morgan fingerprint density at radius 3 is 0.839 bits per heavy atom. The standard InChI is InChI=1S/C54H90O8/c1-29(2)37-21-17-33(9)25-41(37)59-47(55)45-51(13,14)53(45,49(57)61-43-27-35(11)19-23-39(43)31(5)6)54(50(58)62-44-28-36(12)20-24-40(44)32(7)8)46(52(54,15)16)48(56)60-42-26-34(10)18-22-38(42)30(3)4/h29-46H,17-28H2,1-16H3/t33-,34-,35-,36-,37+,38+,39+,40+,41-,42-,43-,44-,45?,46?,53-,54-/m1/s1. The lowest BCUT2D eigenvalue weighted by Crippen LogP contribution is -2.49. The van der Waals surface area contributed by atoms with Gasteiger partial charge in [0.05, 0.1) is 11.8 Å². The second-order valence-electron chi connectivity index (χ2n) is 25.1. The van der Waals surface area contributed by atoms with Gasteiger partial charge in [-0.25, -0.2) is 0 Å². The van der Waals surface area contributed by atoms with Crippen molar-refractivity contribution in [2.24, 2.45) is 105 Å². The van der Waals surface area contributed by atoms with Crippen molar-refractivity contribution < 1.29 is 38.1 Å². The lowest BCUT2D eigenvalue weighted by molar-refractivity contribution is -0.187. The number of esters is 4. The summed E-state index contributed by atoms with van der Waals surface area (Å²) in [5.41, 5.74) is -5.63. The van der Waals surface area contributed by atoms with Crippen molar-refractivity contribution in [3.63, 3.8) is 0 Å². The van der Waals surface area contributed by atoms with Gasteiger partial charge < -0.3 is 18.9 Å². The van der Waals surface area contributed by atoms with Crippen LogP contribution in [0.2, 0.25) is 0 Å². The Morgan fingerprint density at radius 1 is 0.387 bits per heavy atom. The summed E-state index contributed by atoms with van der Waals surface area (Å²) in [5, 5.41) is 0. The number of rotatable bonds is 13. The first-order valence-corrected chi connectivity index (χ1v) is 25.7. The summed E-state index contributed by atoms with van der Waals surface area (Å²) in [5.74, 6) is -0.651. The molecule has 0 aromatic heterocycles. The summed E-state index contributed by atoms with van der Waals surface area (Å²) in [6, 6.07) is 0. The fraction of sp³-hybridized carbons (Fsp3) is 0.926. The molecule has 16 atom stereocenters. The van der Waals surface area contributed by atoms with E-state index in [1.54, 1.807) is 0 Å². The molecule has 6 fully saturated rings. The summed E-state index contributed by atoms with van der Waals surface area (Å²) >= 11 is 0. The Kier molecular flexibility index (Phi) is 14.5. The van der Waals surface area contributed by atoms with Gasteiger partial charge in [0.1, 0.15) is 35.2 Å². The lowest BCUT2D eigenvalue weighted by atomic mass is 9.72. The van der Waals surface area contributed by atoms with Crippen LogP contribution in [0.15, 0.2) is 0 Å². The molecule has 2 unspecified atom stereocenters. The van der Waals surface area contributed by atoms with Gasteiger partial charge in [-0.2, -0.15) is 0 Å². The van der Waals surface area contributed by atoms with Crippen molar-refractivity contribution in [3.05, 3.63) is 0 Å². The molecule has 0 bridgehead atoms. The zero-order valence-electron chi connectivity index (χ0n) is 42.1. The maximum Gasteiger partial charge on any atom is 0.315 e. The van der Waals surface area contributed by atoms with Crippen LogP contribution in [0, 0.1) is 105 Å². The van der Waals surface area contributed by atoms with E-state index in [2.05, 4.69) is 83.1 Å². The zero-order chi connectivity index (χ0) is 46.0. The number of carbonyl (C=O) groups excluding carboxylic acids is 4. The summed E-state index contributed by atoms with van der Waals surface area (Å²) in [4.78, 5) is 62.8. The molecule has 0 heterocycles. The van der Waals surface area contributed by atoms with E-state index in [1.807, 2.05) is 27.7 Å². The largest absolute Gasteiger partial charge is 0.462 e. The minimum atomic E-state index is -1.72. The van der Waals surface area contributed by atoms with E-state index in [-0.39, 0.29) is 59.9 Å². The minimum Gasteiger partial charge on any atom is -0.462 e. The topological polar surface area (TPSA) is 105 Å². The van der Waals surface area contributed by atoms with Crippen LogP contribution in [0.4, 0.5) is 0 Å². The highest BCUT2D eigenvalue weighted by atomic mass is 16.6. The van der Waals surface area contributed by atoms with Crippen LogP contribution in [0.3, 0.4) is 0 Å². The summed E-state index contributed by atoms with van der Waals surface area (Å²) < 4.78 is 27.2. The van der Waals surface area contributed by atoms with Gasteiger partial charge in [-0.3, -0.25) is 19.2 Å². The van der Waals surface area contributed by atoms with Crippen molar-refractivity contribution in [2.75, 3.05) is 0 Å². The molecule has 0 aromatic rings. The van der Waals surface area contributed by atoms with Gasteiger partial charge >= 0.3 is 23.9 Å². The molecule has 354 valence electrons. The predicted octanol–water partition coefficient (Wildman–Crippen LogP) is 12.3. The molecule has 8 nitrogen and oxygen atoms in total. The molecule has 0 N–H and O–H groups in total. The molecule has 0 spiro atoms. The van der Waals surface area contributed by atoms with E-state index >= 15 is 19.2 Å². The van der Waals surface area contributed by atoms with Gasteiger partial charge in [-0.05, 0) is 133 Å². The summed E-state index contributed by atoms with van der Waals surface area (Å²) in [7, 11) is 0. The van der Waals surface area contributed by atoms with Crippen LogP contribution >= 0.6 is 0 Å². The first-order valence-electron chi connectivity index (χ1n) is 25.7. The van der Waals surface area contributed by atoms with Gasteiger partial charge in [0.15, 0.2) is 0 Å². The zero-order valence-corrected chi connectivity index (χ0v) is 42.1. The van der Waals surface area contributed by atoms with Crippen molar-refractivity contribution in [1.82, 2.24) is 0 Å². The Bertz CT molecular complexity index is 1510. The molecule has 62 heavy (non-hydrogen) atoms. The highest BCUT2D eigenvalue weighted by Crippen LogP contribution is 2.90. The smallest absolute Gasteiger partial charge is 0.315 e. The summed E-state index contributed by atoms with van der Waals surface area (Å²) in [6.07, 6.45) is 9.72. The van der Waals surface area contributed by atoms with Gasteiger partial charge in [-0.1, -0.05) is 136 Å². The van der Waals surface area contributed by atoms with Crippen LogP contribution in [0.5, 0.6) is 0 Å². The molecule has 6 aliphatic rings. The second-order valence-corrected chi connectivity index (χ2v) is 25.1. The average molecular weight is 867 g/mol. The molecule has 6 aliphatic carbocycles. The van der Waals surface area contributed by atoms with Gasteiger partial charge in [0, 0.05) is 0 Å². The molecule has 0 saturated heterocycles. The predicted molar refractivity (Wildman–Crippen MR) is 244 cm³/mol. The van der Waals surface area contributed by atoms with Crippen LogP contribution < -0.4 is 0 Å². The van der Waals surface area contributed by atoms with Gasteiger partial charge in [0.25, 0.3) is 0 Å².